The van der Waals surface area contributed by atoms with E-state index in [1.807, 2.05) is 56.3 Å². The molecular formula is C24H31NO3. The third-order valence-electron chi connectivity index (χ3n) is 4.60. The molecule has 0 radical (unpaired) electrons. The first kappa shape index (κ1) is 21.5. The zero-order chi connectivity index (χ0) is 20.5. The van der Waals surface area contributed by atoms with Gasteiger partial charge in [-0.25, -0.2) is 0 Å². The van der Waals surface area contributed by atoms with E-state index in [9.17, 15) is 4.79 Å². The Kier molecular flexibility index (Phi) is 8.12. The first-order valence-corrected chi connectivity index (χ1v) is 9.88. The fraction of sp³-hybridized carbons (Fsp3) is 0.375. The summed E-state index contributed by atoms with van der Waals surface area (Å²) in [6, 6.07) is 15.3. The molecule has 2 atom stereocenters. The molecule has 2 aromatic rings. The molecule has 0 aliphatic rings. The van der Waals surface area contributed by atoms with Crippen LogP contribution in [0.1, 0.15) is 52.0 Å². The minimum absolute atomic E-state index is 0.156. The predicted molar refractivity (Wildman–Crippen MR) is 115 cm³/mol. The van der Waals surface area contributed by atoms with Gasteiger partial charge in [-0.1, -0.05) is 45.5 Å². The minimum Gasteiger partial charge on any atom is -0.489 e. The van der Waals surface area contributed by atoms with Crippen molar-refractivity contribution in [3.8, 4) is 11.5 Å². The highest BCUT2D eigenvalue weighted by molar-refractivity contribution is 5.94. The molecule has 0 aromatic heterocycles. The number of benzene rings is 2. The summed E-state index contributed by atoms with van der Waals surface area (Å²) in [7, 11) is 0. The van der Waals surface area contributed by atoms with Crippen LogP contribution in [0.2, 0.25) is 0 Å². The SMILES string of the molecule is C=C(C)COc1ccc(NC(=O)C(CC)Oc2ccccc2C(C)CC)cc1. The molecule has 0 bridgehead atoms. The smallest absolute Gasteiger partial charge is 0.265 e. The van der Waals surface area contributed by atoms with Crippen LogP contribution in [-0.4, -0.2) is 18.6 Å². The maximum absolute atomic E-state index is 12.7. The topological polar surface area (TPSA) is 47.6 Å². The summed E-state index contributed by atoms with van der Waals surface area (Å²) in [6.45, 7) is 12.5. The van der Waals surface area contributed by atoms with Crippen molar-refractivity contribution in [3.63, 3.8) is 0 Å². The summed E-state index contributed by atoms with van der Waals surface area (Å²) in [5, 5.41) is 2.93. The molecule has 2 unspecified atom stereocenters. The maximum atomic E-state index is 12.7. The number of para-hydroxylation sites is 1. The van der Waals surface area contributed by atoms with Crippen LogP contribution < -0.4 is 14.8 Å². The lowest BCUT2D eigenvalue weighted by Gasteiger charge is -2.21. The van der Waals surface area contributed by atoms with Crippen molar-refractivity contribution in [2.75, 3.05) is 11.9 Å². The van der Waals surface area contributed by atoms with E-state index in [-0.39, 0.29) is 5.91 Å². The van der Waals surface area contributed by atoms with E-state index in [2.05, 4.69) is 31.8 Å². The number of nitrogens with one attached hydrogen (secondary N) is 1. The summed E-state index contributed by atoms with van der Waals surface area (Å²) in [5.41, 5.74) is 2.80. The lowest BCUT2D eigenvalue weighted by atomic mass is 9.98. The van der Waals surface area contributed by atoms with E-state index < -0.39 is 6.10 Å². The molecule has 1 N–H and O–H groups in total. The first-order chi connectivity index (χ1) is 13.4. The maximum Gasteiger partial charge on any atom is 0.265 e. The normalized spacial score (nSPS) is 12.7. The molecule has 0 saturated carbocycles. The summed E-state index contributed by atoms with van der Waals surface area (Å²) < 4.78 is 11.7. The van der Waals surface area contributed by atoms with E-state index in [1.54, 1.807) is 0 Å². The molecule has 2 rings (SSSR count). The molecule has 1 amide bonds. The van der Waals surface area contributed by atoms with Crippen LogP contribution in [0, 0.1) is 0 Å². The Bertz CT molecular complexity index is 783. The fourth-order valence-corrected chi connectivity index (χ4v) is 2.75. The number of amides is 1. The standard InChI is InChI=1S/C24H31NO3/c1-6-18(5)21-10-8-9-11-23(21)28-22(7-2)24(26)25-19-12-14-20(15-13-19)27-16-17(3)4/h8-15,18,22H,3,6-7,16H2,1-2,4-5H3,(H,25,26). The Hall–Kier alpha value is -2.75. The lowest BCUT2D eigenvalue weighted by molar-refractivity contribution is -0.122. The second-order valence-corrected chi connectivity index (χ2v) is 7.12. The highest BCUT2D eigenvalue weighted by Gasteiger charge is 2.21. The van der Waals surface area contributed by atoms with Crippen molar-refractivity contribution in [1.29, 1.82) is 0 Å². The lowest BCUT2D eigenvalue weighted by Crippen LogP contribution is -2.32. The highest BCUT2D eigenvalue weighted by Crippen LogP contribution is 2.29. The van der Waals surface area contributed by atoms with Gasteiger partial charge in [-0.15, -0.1) is 0 Å². The van der Waals surface area contributed by atoms with Crippen molar-refractivity contribution in [3.05, 3.63) is 66.2 Å². The molecule has 0 aliphatic carbocycles. The van der Waals surface area contributed by atoms with E-state index in [0.717, 1.165) is 29.1 Å². The quantitative estimate of drug-likeness (QED) is 0.517. The first-order valence-electron chi connectivity index (χ1n) is 9.88. The van der Waals surface area contributed by atoms with Gasteiger partial charge in [0.15, 0.2) is 6.10 Å². The Morgan fingerprint density at radius 2 is 1.75 bits per heavy atom. The molecule has 28 heavy (non-hydrogen) atoms. The Labute approximate surface area is 168 Å². The van der Waals surface area contributed by atoms with Crippen molar-refractivity contribution >= 4 is 11.6 Å². The zero-order valence-corrected chi connectivity index (χ0v) is 17.3. The van der Waals surface area contributed by atoms with E-state index in [1.165, 1.54) is 0 Å². The van der Waals surface area contributed by atoms with Crippen LogP contribution in [0.15, 0.2) is 60.7 Å². The minimum atomic E-state index is -0.551. The number of ether oxygens (including phenoxy) is 2. The molecule has 0 spiro atoms. The van der Waals surface area contributed by atoms with Gasteiger partial charge < -0.3 is 14.8 Å². The monoisotopic (exact) mass is 381 g/mol. The van der Waals surface area contributed by atoms with Gasteiger partial charge >= 0.3 is 0 Å². The van der Waals surface area contributed by atoms with Crippen molar-refractivity contribution in [2.45, 2.75) is 52.6 Å². The Morgan fingerprint density at radius 3 is 2.36 bits per heavy atom. The van der Waals surface area contributed by atoms with Crippen LogP contribution in [0.3, 0.4) is 0 Å². The molecular weight excluding hydrogens is 350 g/mol. The van der Waals surface area contributed by atoms with Gasteiger partial charge in [0.1, 0.15) is 18.1 Å². The van der Waals surface area contributed by atoms with E-state index in [0.29, 0.717) is 24.6 Å². The molecule has 0 aliphatic heterocycles. The fourth-order valence-electron chi connectivity index (χ4n) is 2.75. The van der Waals surface area contributed by atoms with Crippen molar-refractivity contribution in [1.82, 2.24) is 0 Å². The molecule has 150 valence electrons. The van der Waals surface area contributed by atoms with Gasteiger partial charge in [-0.3, -0.25) is 4.79 Å². The van der Waals surface area contributed by atoms with Gasteiger partial charge in [0.2, 0.25) is 0 Å². The van der Waals surface area contributed by atoms with Crippen molar-refractivity contribution in [2.24, 2.45) is 0 Å². The molecule has 0 saturated heterocycles. The summed E-state index contributed by atoms with van der Waals surface area (Å²) in [6.07, 6.45) is 1.05. The van der Waals surface area contributed by atoms with Crippen molar-refractivity contribution < 1.29 is 14.3 Å². The van der Waals surface area contributed by atoms with Gasteiger partial charge in [0.05, 0.1) is 0 Å². The second-order valence-electron chi connectivity index (χ2n) is 7.12. The number of anilines is 1. The van der Waals surface area contributed by atoms with Crippen LogP contribution >= 0.6 is 0 Å². The van der Waals surface area contributed by atoms with Crippen LogP contribution in [0.25, 0.3) is 0 Å². The summed E-state index contributed by atoms with van der Waals surface area (Å²) in [5.74, 6) is 1.75. The molecule has 0 heterocycles. The van der Waals surface area contributed by atoms with Gasteiger partial charge in [-0.05, 0) is 67.2 Å². The zero-order valence-electron chi connectivity index (χ0n) is 17.3. The predicted octanol–water partition coefficient (Wildman–Crippen LogP) is 5.95. The second kappa shape index (κ2) is 10.5. The van der Waals surface area contributed by atoms with Gasteiger partial charge in [0.25, 0.3) is 5.91 Å². The molecule has 4 nitrogen and oxygen atoms in total. The molecule has 2 aromatic carbocycles. The number of hydrogen-bond donors (Lipinski definition) is 1. The number of carbonyl (C=O) groups excluding carboxylic acids is 1. The van der Waals surface area contributed by atoms with Gasteiger partial charge in [0, 0.05) is 5.69 Å². The number of carbonyl (C=O) groups is 1. The van der Waals surface area contributed by atoms with E-state index in [4.69, 9.17) is 9.47 Å². The summed E-state index contributed by atoms with van der Waals surface area (Å²) >= 11 is 0. The van der Waals surface area contributed by atoms with Crippen LogP contribution in [-0.2, 0) is 4.79 Å². The molecule has 4 heteroatoms. The average Bonchev–Trinajstić information content (AvgIpc) is 2.71. The van der Waals surface area contributed by atoms with Crippen LogP contribution in [0.4, 0.5) is 5.69 Å². The van der Waals surface area contributed by atoms with Crippen LogP contribution in [0.5, 0.6) is 11.5 Å². The Morgan fingerprint density at radius 1 is 1.07 bits per heavy atom. The van der Waals surface area contributed by atoms with Gasteiger partial charge in [-0.2, -0.15) is 0 Å². The third-order valence-corrected chi connectivity index (χ3v) is 4.60. The summed E-state index contributed by atoms with van der Waals surface area (Å²) in [4.78, 5) is 12.7. The third kappa shape index (κ3) is 6.15. The molecule has 0 fully saturated rings. The Balaban J connectivity index is 2.03. The largest absolute Gasteiger partial charge is 0.489 e. The average molecular weight is 382 g/mol. The highest BCUT2D eigenvalue weighted by atomic mass is 16.5. The van der Waals surface area contributed by atoms with E-state index >= 15 is 0 Å². The number of hydrogen-bond acceptors (Lipinski definition) is 3. The number of rotatable bonds is 10.